The van der Waals surface area contributed by atoms with Crippen LogP contribution in [0.4, 0.5) is 19.1 Å². The Balaban J connectivity index is 2.26. The van der Waals surface area contributed by atoms with Gasteiger partial charge < -0.3 is 9.47 Å². The van der Waals surface area contributed by atoms with Crippen molar-refractivity contribution in [3.63, 3.8) is 0 Å². The van der Waals surface area contributed by atoms with Crippen LogP contribution in [0, 0.1) is 0 Å². The first kappa shape index (κ1) is 13.2. The van der Waals surface area contributed by atoms with Crippen LogP contribution in [0.3, 0.4) is 0 Å². The Morgan fingerprint density at radius 2 is 1.94 bits per heavy atom. The van der Waals surface area contributed by atoms with Crippen molar-refractivity contribution in [3.8, 4) is 0 Å². The summed E-state index contributed by atoms with van der Waals surface area (Å²) in [4.78, 5) is 2.03. The van der Waals surface area contributed by atoms with E-state index in [9.17, 15) is 13.2 Å². The van der Waals surface area contributed by atoms with Crippen molar-refractivity contribution in [2.24, 2.45) is 7.05 Å². The molecule has 7 heteroatoms. The molecule has 1 aliphatic rings. The standard InChI is InChI=1S/C11H17F3N4/c1-10(2)5-4-6-18(10)9-16-15-8(17(9)3)7-11(12,13)14/h4-7H2,1-3H3. The molecule has 0 unspecified atom stereocenters. The number of nitrogens with zero attached hydrogens (tertiary/aromatic N) is 4. The van der Waals surface area contributed by atoms with Gasteiger partial charge in [-0.1, -0.05) is 0 Å². The first-order chi connectivity index (χ1) is 8.21. The largest absolute Gasteiger partial charge is 0.396 e. The maximum Gasteiger partial charge on any atom is 0.396 e. The molecule has 0 aliphatic carbocycles. The molecule has 4 nitrogen and oxygen atoms in total. The monoisotopic (exact) mass is 262 g/mol. The van der Waals surface area contributed by atoms with Crippen LogP contribution >= 0.6 is 0 Å². The predicted molar refractivity (Wildman–Crippen MR) is 61.4 cm³/mol. The Labute approximate surface area is 104 Å². The van der Waals surface area contributed by atoms with E-state index in [0.29, 0.717) is 5.95 Å². The summed E-state index contributed by atoms with van der Waals surface area (Å²) in [6.07, 6.45) is -3.26. The van der Waals surface area contributed by atoms with Crippen LogP contribution in [0.15, 0.2) is 0 Å². The third-order valence-electron chi connectivity index (χ3n) is 3.44. The third kappa shape index (κ3) is 2.44. The second kappa shape index (κ2) is 4.13. The zero-order chi connectivity index (χ0) is 13.6. The molecule has 18 heavy (non-hydrogen) atoms. The average Bonchev–Trinajstić information content (AvgIpc) is 2.69. The molecule has 0 saturated carbocycles. The van der Waals surface area contributed by atoms with E-state index in [0.717, 1.165) is 19.4 Å². The number of halogens is 3. The lowest BCUT2D eigenvalue weighted by Crippen LogP contribution is -2.39. The van der Waals surface area contributed by atoms with E-state index < -0.39 is 12.6 Å². The molecular formula is C11H17F3N4. The van der Waals surface area contributed by atoms with Gasteiger partial charge in [-0.05, 0) is 26.7 Å². The van der Waals surface area contributed by atoms with Crippen LogP contribution in [0.5, 0.6) is 0 Å². The minimum atomic E-state index is -4.25. The predicted octanol–water partition coefficient (Wildman–Crippen LogP) is 2.30. The molecule has 1 aliphatic heterocycles. The summed E-state index contributed by atoms with van der Waals surface area (Å²) in [6.45, 7) is 4.95. The molecule has 0 amide bonds. The van der Waals surface area contributed by atoms with Gasteiger partial charge >= 0.3 is 6.18 Å². The zero-order valence-electron chi connectivity index (χ0n) is 10.8. The summed E-state index contributed by atoms with van der Waals surface area (Å²) in [5, 5.41) is 7.58. The van der Waals surface area contributed by atoms with E-state index in [1.807, 2.05) is 4.90 Å². The van der Waals surface area contributed by atoms with Gasteiger partial charge in [0.05, 0.1) is 0 Å². The molecule has 102 valence electrons. The van der Waals surface area contributed by atoms with Crippen LogP contribution in [0.25, 0.3) is 0 Å². The number of hydrogen-bond donors (Lipinski definition) is 0. The van der Waals surface area contributed by atoms with Gasteiger partial charge in [0.25, 0.3) is 0 Å². The lowest BCUT2D eigenvalue weighted by molar-refractivity contribution is -0.128. The second-order valence-corrected chi connectivity index (χ2v) is 5.33. The lowest BCUT2D eigenvalue weighted by atomic mass is 10.0. The molecule has 0 radical (unpaired) electrons. The zero-order valence-corrected chi connectivity index (χ0v) is 10.8. The molecule has 1 aromatic heterocycles. The van der Waals surface area contributed by atoms with E-state index in [2.05, 4.69) is 24.0 Å². The Kier molecular flexibility index (Phi) is 3.03. The molecule has 1 aromatic rings. The van der Waals surface area contributed by atoms with Crippen LogP contribution in [0.2, 0.25) is 0 Å². The smallest absolute Gasteiger partial charge is 0.336 e. The summed E-state index contributed by atoms with van der Waals surface area (Å²) in [6, 6.07) is 0. The molecule has 1 fully saturated rings. The van der Waals surface area contributed by atoms with Crippen LogP contribution in [-0.2, 0) is 13.5 Å². The van der Waals surface area contributed by atoms with E-state index in [4.69, 9.17) is 0 Å². The fourth-order valence-corrected chi connectivity index (χ4v) is 2.40. The molecule has 2 rings (SSSR count). The van der Waals surface area contributed by atoms with Crippen LogP contribution in [0.1, 0.15) is 32.5 Å². The van der Waals surface area contributed by atoms with Crippen molar-refractivity contribution >= 4 is 5.95 Å². The first-order valence-corrected chi connectivity index (χ1v) is 5.93. The van der Waals surface area contributed by atoms with Gasteiger partial charge in [0.1, 0.15) is 12.2 Å². The maximum atomic E-state index is 12.4. The quantitative estimate of drug-likeness (QED) is 0.820. The first-order valence-electron chi connectivity index (χ1n) is 5.93. The van der Waals surface area contributed by atoms with Crippen molar-refractivity contribution in [2.75, 3.05) is 11.4 Å². The van der Waals surface area contributed by atoms with Crippen molar-refractivity contribution in [1.29, 1.82) is 0 Å². The van der Waals surface area contributed by atoms with Gasteiger partial charge in [-0.15, -0.1) is 10.2 Å². The number of anilines is 1. The van der Waals surface area contributed by atoms with Crippen molar-refractivity contribution < 1.29 is 13.2 Å². The minimum Gasteiger partial charge on any atom is -0.336 e. The number of rotatable bonds is 2. The number of alkyl halides is 3. The third-order valence-corrected chi connectivity index (χ3v) is 3.44. The summed E-state index contributed by atoms with van der Waals surface area (Å²) in [7, 11) is 1.59. The fourth-order valence-electron chi connectivity index (χ4n) is 2.40. The van der Waals surface area contributed by atoms with Gasteiger partial charge in [-0.25, -0.2) is 0 Å². The van der Waals surface area contributed by atoms with E-state index in [-0.39, 0.29) is 11.4 Å². The lowest BCUT2D eigenvalue weighted by Gasteiger charge is -2.32. The highest BCUT2D eigenvalue weighted by molar-refractivity contribution is 5.37. The van der Waals surface area contributed by atoms with Gasteiger partial charge in [0.15, 0.2) is 0 Å². The molecule has 0 aromatic carbocycles. The molecule has 1 saturated heterocycles. The highest BCUT2D eigenvalue weighted by Crippen LogP contribution is 2.32. The topological polar surface area (TPSA) is 34.0 Å². The SMILES string of the molecule is Cn1c(CC(F)(F)F)nnc1N1CCCC1(C)C. The van der Waals surface area contributed by atoms with Crippen molar-refractivity contribution in [1.82, 2.24) is 14.8 Å². The Hall–Kier alpha value is -1.27. The molecular weight excluding hydrogens is 245 g/mol. The number of aromatic nitrogens is 3. The van der Waals surface area contributed by atoms with Gasteiger partial charge in [-0.2, -0.15) is 13.2 Å². The van der Waals surface area contributed by atoms with Crippen molar-refractivity contribution in [3.05, 3.63) is 5.82 Å². The molecule has 0 N–H and O–H groups in total. The van der Waals surface area contributed by atoms with Crippen molar-refractivity contribution in [2.45, 2.75) is 44.8 Å². The summed E-state index contributed by atoms with van der Waals surface area (Å²) >= 11 is 0. The number of hydrogen-bond acceptors (Lipinski definition) is 3. The molecule has 2 heterocycles. The minimum absolute atomic E-state index is 0.0415. The average molecular weight is 262 g/mol. The Morgan fingerprint density at radius 3 is 2.44 bits per heavy atom. The van der Waals surface area contributed by atoms with Crippen LogP contribution < -0.4 is 4.90 Å². The second-order valence-electron chi connectivity index (χ2n) is 5.33. The van der Waals surface area contributed by atoms with E-state index in [1.165, 1.54) is 4.57 Å². The molecule has 0 bridgehead atoms. The van der Waals surface area contributed by atoms with Gasteiger partial charge in [0, 0.05) is 19.1 Å². The Morgan fingerprint density at radius 1 is 1.28 bits per heavy atom. The highest BCUT2D eigenvalue weighted by Gasteiger charge is 2.36. The van der Waals surface area contributed by atoms with E-state index >= 15 is 0 Å². The van der Waals surface area contributed by atoms with Gasteiger partial charge in [-0.3, -0.25) is 0 Å². The Bertz CT molecular complexity index is 436. The molecule has 0 spiro atoms. The summed E-state index contributed by atoms with van der Waals surface area (Å²) in [5.41, 5.74) is -0.0731. The molecule has 0 atom stereocenters. The normalized spacial score (nSPS) is 19.6. The summed E-state index contributed by atoms with van der Waals surface area (Å²) < 4.78 is 38.5. The van der Waals surface area contributed by atoms with Gasteiger partial charge in [0.2, 0.25) is 5.95 Å². The highest BCUT2D eigenvalue weighted by atomic mass is 19.4. The van der Waals surface area contributed by atoms with Crippen LogP contribution in [-0.4, -0.2) is 33.0 Å². The fraction of sp³-hybridized carbons (Fsp3) is 0.818. The van der Waals surface area contributed by atoms with E-state index in [1.54, 1.807) is 7.05 Å². The summed E-state index contributed by atoms with van der Waals surface area (Å²) in [5.74, 6) is 0.483. The maximum absolute atomic E-state index is 12.4.